The summed E-state index contributed by atoms with van der Waals surface area (Å²) in [7, 11) is 3.21. The second-order valence-corrected chi connectivity index (χ2v) is 4.01. The summed E-state index contributed by atoms with van der Waals surface area (Å²) in [5, 5.41) is 0. The molecule has 1 amide bonds. The number of methoxy groups -OCH3 is 1. The highest BCUT2D eigenvalue weighted by atomic mass is 16.5. The Morgan fingerprint density at radius 3 is 2.68 bits per heavy atom. The molecule has 1 heterocycles. The van der Waals surface area contributed by atoms with E-state index in [1.165, 1.54) is 12.0 Å². The highest BCUT2D eigenvalue weighted by molar-refractivity contribution is 6.05. The molecule has 0 aliphatic heterocycles. The van der Waals surface area contributed by atoms with Gasteiger partial charge in [-0.1, -0.05) is 6.07 Å². The molecule has 19 heavy (non-hydrogen) atoms. The number of aromatic nitrogens is 1. The van der Waals surface area contributed by atoms with Crippen molar-refractivity contribution in [2.24, 2.45) is 0 Å². The number of hydrogen-bond donors (Lipinski definition) is 1. The maximum atomic E-state index is 12.3. The lowest BCUT2D eigenvalue weighted by Gasteiger charge is -2.16. The summed E-state index contributed by atoms with van der Waals surface area (Å²) in [6, 6.07) is 10.3. The van der Waals surface area contributed by atoms with Crippen LogP contribution in [-0.4, -0.2) is 25.0 Å². The SMILES string of the molecule is COc1ccc(C(=O)N(C)c2ccccn2)cc1N. The molecule has 0 saturated carbocycles. The van der Waals surface area contributed by atoms with E-state index in [0.717, 1.165) is 0 Å². The van der Waals surface area contributed by atoms with Crippen LogP contribution in [0.2, 0.25) is 0 Å². The van der Waals surface area contributed by atoms with E-state index < -0.39 is 0 Å². The topological polar surface area (TPSA) is 68.5 Å². The lowest BCUT2D eigenvalue weighted by molar-refractivity contribution is 0.0992. The Morgan fingerprint density at radius 1 is 1.32 bits per heavy atom. The van der Waals surface area contributed by atoms with Crippen molar-refractivity contribution >= 4 is 17.4 Å². The fraction of sp³-hybridized carbons (Fsp3) is 0.143. The number of carbonyl (C=O) groups is 1. The monoisotopic (exact) mass is 257 g/mol. The molecule has 0 aliphatic carbocycles. The standard InChI is InChI=1S/C14H15N3O2/c1-17(13-5-3-4-8-16-13)14(18)10-6-7-12(19-2)11(15)9-10/h3-9H,15H2,1-2H3. The number of carbonyl (C=O) groups excluding carboxylic acids is 1. The molecular formula is C14H15N3O2. The van der Waals surface area contributed by atoms with Gasteiger partial charge < -0.3 is 10.5 Å². The molecule has 0 fully saturated rings. The summed E-state index contributed by atoms with van der Waals surface area (Å²) in [5.41, 5.74) is 6.72. The number of hydrogen-bond acceptors (Lipinski definition) is 4. The Labute approximate surface area is 111 Å². The fourth-order valence-electron chi connectivity index (χ4n) is 1.72. The first-order valence-electron chi connectivity index (χ1n) is 5.76. The zero-order valence-electron chi connectivity index (χ0n) is 10.8. The van der Waals surface area contributed by atoms with E-state index in [1.807, 2.05) is 6.07 Å². The van der Waals surface area contributed by atoms with Gasteiger partial charge in [0.25, 0.3) is 5.91 Å². The third kappa shape index (κ3) is 2.65. The molecule has 0 saturated heterocycles. The average Bonchev–Trinajstić information content (AvgIpc) is 2.46. The predicted octanol–water partition coefficient (Wildman–Crippen LogP) is 1.95. The molecule has 0 spiro atoms. The van der Waals surface area contributed by atoms with Gasteiger partial charge >= 0.3 is 0 Å². The van der Waals surface area contributed by atoms with Crippen molar-refractivity contribution in [3.8, 4) is 5.75 Å². The Morgan fingerprint density at radius 2 is 2.11 bits per heavy atom. The van der Waals surface area contributed by atoms with Crippen LogP contribution in [0.5, 0.6) is 5.75 Å². The van der Waals surface area contributed by atoms with Crippen molar-refractivity contribution in [1.29, 1.82) is 0 Å². The van der Waals surface area contributed by atoms with Crippen LogP contribution in [0.25, 0.3) is 0 Å². The van der Waals surface area contributed by atoms with Gasteiger partial charge in [-0.15, -0.1) is 0 Å². The van der Waals surface area contributed by atoms with Crippen molar-refractivity contribution in [2.75, 3.05) is 24.8 Å². The molecule has 5 nitrogen and oxygen atoms in total. The Kier molecular flexibility index (Phi) is 3.66. The van der Waals surface area contributed by atoms with Gasteiger partial charge in [0.05, 0.1) is 12.8 Å². The zero-order chi connectivity index (χ0) is 13.8. The van der Waals surface area contributed by atoms with Crippen LogP contribution in [-0.2, 0) is 0 Å². The molecule has 2 rings (SSSR count). The highest BCUT2D eigenvalue weighted by Gasteiger charge is 2.15. The first-order valence-corrected chi connectivity index (χ1v) is 5.76. The fourth-order valence-corrected chi connectivity index (χ4v) is 1.72. The molecule has 5 heteroatoms. The molecule has 0 radical (unpaired) electrons. The maximum Gasteiger partial charge on any atom is 0.259 e. The van der Waals surface area contributed by atoms with Gasteiger partial charge in [0, 0.05) is 18.8 Å². The first-order chi connectivity index (χ1) is 9.13. The molecular weight excluding hydrogens is 242 g/mol. The lowest BCUT2D eigenvalue weighted by atomic mass is 10.1. The second-order valence-electron chi connectivity index (χ2n) is 4.01. The van der Waals surface area contributed by atoms with Crippen molar-refractivity contribution in [2.45, 2.75) is 0 Å². The quantitative estimate of drug-likeness (QED) is 0.853. The van der Waals surface area contributed by atoms with Crippen LogP contribution in [0.1, 0.15) is 10.4 Å². The van der Waals surface area contributed by atoms with Crippen molar-refractivity contribution in [3.63, 3.8) is 0 Å². The van der Waals surface area contributed by atoms with Crippen molar-refractivity contribution in [3.05, 3.63) is 48.2 Å². The number of anilines is 2. The zero-order valence-corrected chi connectivity index (χ0v) is 10.8. The van der Waals surface area contributed by atoms with Crippen LogP contribution < -0.4 is 15.4 Å². The number of amides is 1. The van der Waals surface area contributed by atoms with E-state index in [4.69, 9.17) is 10.5 Å². The minimum Gasteiger partial charge on any atom is -0.495 e. The van der Waals surface area contributed by atoms with E-state index in [9.17, 15) is 4.79 Å². The Balaban J connectivity index is 2.27. The number of benzene rings is 1. The summed E-state index contributed by atoms with van der Waals surface area (Å²) >= 11 is 0. The molecule has 98 valence electrons. The molecule has 1 aromatic heterocycles. The minimum atomic E-state index is -0.173. The van der Waals surface area contributed by atoms with Crippen LogP contribution in [0.4, 0.5) is 11.5 Å². The summed E-state index contributed by atoms with van der Waals surface area (Å²) in [6.45, 7) is 0. The van der Waals surface area contributed by atoms with E-state index in [-0.39, 0.29) is 5.91 Å². The number of ether oxygens (including phenoxy) is 1. The normalized spacial score (nSPS) is 10.0. The van der Waals surface area contributed by atoms with Gasteiger partial charge in [0.1, 0.15) is 11.6 Å². The van der Waals surface area contributed by atoms with Crippen molar-refractivity contribution in [1.82, 2.24) is 4.98 Å². The third-order valence-corrected chi connectivity index (χ3v) is 2.77. The van der Waals surface area contributed by atoms with E-state index in [2.05, 4.69) is 4.98 Å². The van der Waals surface area contributed by atoms with Gasteiger partial charge in [-0.05, 0) is 30.3 Å². The van der Waals surface area contributed by atoms with Crippen LogP contribution in [0, 0.1) is 0 Å². The van der Waals surface area contributed by atoms with Gasteiger partial charge in [0.2, 0.25) is 0 Å². The van der Waals surface area contributed by atoms with Gasteiger partial charge in [-0.3, -0.25) is 9.69 Å². The molecule has 0 atom stereocenters. The number of nitrogen functional groups attached to an aromatic ring is 1. The largest absolute Gasteiger partial charge is 0.495 e. The summed E-state index contributed by atoms with van der Waals surface area (Å²) in [6.07, 6.45) is 1.64. The average molecular weight is 257 g/mol. The minimum absolute atomic E-state index is 0.173. The van der Waals surface area contributed by atoms with Crippen LogP contribution >= 0.6 is 0 Å². The van der Waals surface area contributed by atoms with Gasteiger partial charge in [-0.25, -0.2) is 4.98 Å². The number of pyridine rings is 1. The molecule has 2 aromatic rings. The molecule has 2 N–H and O–H groups in total. The Hall–Kier alpha value is -2.56. The molecule has 0 unspecified atom stereocenters. The molecule has 0 bridgehead atoms. The van der Waals surface area contributed by atoms with Crippen LogP contribution in [0.15, 0.2) is 42.6 Å². The molecule has 1 aromatic carbocycles. The third-order valence-electron chi connectivity index (χ3n) is 2.77. The predicted molar refractivity (Wildman–Crippen MR) is 74.4 cm³/mol. The smallest absolute Gasteiger partial charge is 0.259 e. The van der Waals surface area contributed by atoms with E-state index in [0.29, 0.717) is 22.8 Å². The van der Waals surface area contributed by atoms with Gasteiger partial charge in [-0.2, -0.15) is 0 Å². The number of nitrogens with two attached hydrogens (primary N) is 1. The second kappa shape index (κ2) is 5.39. The summed E-state index contributed by atoms with van der Waals surface area (Å²) in [5.74, 6) is 0.965. The van der Waals surface area contributed by atoms with Crippen LogP contribution in [0.3, 0.4) is 0 Å². The molecule has 0 aliphatic rings. The van der Waals surface area contributed by atoms with E-state index >= 15 is 0 Å². The maximum absolute atomic E-state index is 12.3. The first kappa shape index (κ1) is 12.9. The number of nitrogens with zero attached hydrogens (tertiary/aromatic N) is 2. The van der Waals surface area contributed by atoms with Gasteiger partial charge in [0.15, 0.2) is 0 Å². The summed E-state index contributed by atoms with van der Waals surface area (Å²) in [4.78, 5) is 17.9. The lowest BCUT2D eigenvalue weighted by Crippen LogP contribution is -2.27. The highest BCUT2D eigenvalue weighted by Crippen LogP contribution is 2.23. The van der Waals surface area contributed by atoms with Crippen molar-refractivity contribution < 1.29 is 9.53 Å². The summed E-state index contributed by atoms with van der Waals surface area (Å²) < 4.78 is 5.06. The Bertz CT molecular complexity index is 584. The van der Waals surface area contributed by atoms with E-state index in [1.54, 1.807) is 43.6 Å². The number of rotatable bonds is 3.